The number of thiazole rings is 1. The zero-order valence-electron chi connectivity index (χ0n) is 14.7. The van der Waals surface area contributed by atoms with Crippen LogP contribution in [-0.2, 0) is 11.3 Å². The molecule has 1 aliphatic heterocycles. The third kappa shape index (κ3) is 3.88. The zero-order valence-corrected chi connectivity index (χ0v) is 15.5. The van der Waals surface area contributed by atoms with Gasteiger partial charge >= 0.3 is 0 Å². The normalized spacial score (nSPS) is 23.9. The number of nitrogens with zero attached hydrogens (tertiary/aromatic N) is 1. The fourth-order valence-electron chi connectivity index (χ4n) is 3.28. The molecular weight excluding hydrogens is 324 g/mol. The number of hydrogen-bond acceptors (Lipinski definition) is 5. The average Bonchev–Trinajstić information content (AvgIpc) is 3.01. The quantitative estimate of drug-likeness (QED) is 0.897. The van der Waals surface area contributed by atoms with Crippen LogP contribution in [0.25, 0.3) is 10.6 Å². The predicted octanol–water partition coefficient (Wildman–Crippen LogP) is 2.02. The Labute approximate surface area is 147 Å². The highest BCUT2D eigenvalue weighted by Crippen LogP contribution is 2.33. The molecule has 0 spiro atoms. The van der Waals surface area contributed by atoms with Gasteiger partial charge in [-0.1, -0.05) is 0 Å². The van der Waals surface area contributed by atoms with E-state index in [2.05, 4.69) is 19.2 Å². The number of hydrogen-bond donors (Lipinski definition) is 1. The number of morpholine rings is 1. The van der Waals surface area contributed by atoms with E-state index >= 15 is 0 Å². The van der Waals surface area contributed by atoms with Crippen molar-refractivity contribution in [3.63, 3.8) is 0 Å². The first-order chi connectivity index (χ1) is 11.6. The summed E-state index contributed by atoms with van der Waals surface area (Å²) in [5.74, 6) is 1.46. The molecule has 2 aromatic rings. The molecule has 1 aromatic heterocycles. The van der Waals surface area contributed by atoms with E-state index in [9.17, 15) is 0 Å². The van der Waals surface area contributed by atoms with Crippen LogP contribution in [0.1, 0.15) is 19.5 Å². The minimum atomic E-state index is 0.313. The molecule has 3 atom stereocenters. The zero-order chi connectivity index (χ0) is 17.1. The molecule has 2 heterocycles. The minimum Gasteiger partial charge on any atom is -0.493 e. The van der Waals surface area contributed by atoms with Crippen molar-refractivity contribution in [1.82, 2.24) is 4.98 Å². The molecule has 1 aliphatic rings. The summed E-state index contributed by atoms with van der Waals surface area (Å²) >= 11 is 1.67. The summed E-state index contributed by atoms with van der Waals surface area (Å²) in [6.45, 7) is 7.31. The number of methoxy groups -OCH3 is 2. The smallest absolute Gasteiger partial charge is 0.161 e. The lowest BCUT2D eigenvalue weighted by molar-refractivity contribution is -0.928. The highest BCUT2D eigenvalue weighted by Gasteiger charge is 2.26. The van der Waals surface area contributed by atoms with Crippen LogP contribution in [0.4, 0.5) is 0 Å². The van der Waals surface area contributed by atoms with Crippen LogP contribution in [0.15, 0.2) is 23.6 Å². The summed E-state index contributed by atoms with van der Waals surface area (Å²) in [5, 5.41) is 3.17. The molecule has 6 heteroatoms. The number of ether oxygens (including phenoxy) is 3. The van der Waals surface area contributed by atoms with Gasteiger partial charge in [-0.05, 0) is 32.0 Å². The maximum Gasteiger partial charge on any atom is 0.161 e. The first kappa shape index (κ1) is 17.2. The molecule has 0 bridgehead atoms. The van der Waals surface area contributed by atoms with Gasteiger partial charge in [-0.15, -0.1) is 11.3 Å². The third-order valence-corrected chi connectivity index (χ3v) is 5.17. The Morgan fingerprint density at radius 2 is 1.88 bits per heavy atom. The predicted molar refractivity (Wildman–Crippen MR) is 95.1 cm³/mol. The Kier molecular flexibility index (Phi) is 5.38. The molecule has 130 valence electrons. The fraction of sp³-hybridized carbons (Fsp3) is 0.500. The molecule has 0 saturated carbocycles. The Morgan fingerprint density at radius 1 is 1.17 bits per heavy atom. The molecule has 1 fully saturated rings. The van der Waals surface area contributed by atoms with Gasteiger partial charge in [0.15, 0.2) is 11.5 Å². The van der Waals surface area contributed by atoms with E-state index in [1.807, 2.05) is 18.2 Å². The van der Waals surface area contributed by atoms with Crippen molar-refractivity contribution in [2.24, 2.45) is 0 Å². The number of nitrogens with one attached hydrogen (secondary N) is 1. The van der Waals surface area contributed by atoms with E-state index in [4.69, 9.17) is 19.2 Å². The van der Waals surface area contributed by atoms with Gasteiger partial charge in [0.2, 0.25) is 0 Å². The van der Waals surface area contributed by atoms with Gasteiger partial charge in [-0.2, -0.15) is 0 Å². The molecule has 0 amide bonds. The van der Waals surface area contributed by atoms with Gasteiger partial charge in [-0.3, -0.25) is 0 Å². The van der Waals surface area contributed by atoms with Crippen molar-refractivity contribution in [3.8, 4) is 22.1 Å². The van der Waals surface area contributed by atoms with Crippen molar-refractivity contribution in [2.75, 3.05) is 27.3 Å². The standard InChI is InChI=1S/C18H24N2O3S/c1-12-8-20(9-13(2)23-12)10-15-11-24-18(19-15)14-5-6-16(21-3)17(7-14)22-4/h5-7,11-13H,8-10H2,1-4H3/p+1/t12-,13+. The average molecular weight is 349 g/mol. The molecule has 0 aliphatic carbocycles. The lowest BCUT2D eigenvalue weighted by atomic mass is 10.2. The van der Waals surface area contributed by atoms with Gasteiger partial charge in [-0.25, -0.2) is 4.98 Å². The maximum absolute atomic E-state index is 5.81. The fourth-order valence-corrected chi connectivity index (χ4v) is 4.10. The van der Waals surface area contributed by atoms with E-state index in [0.717, 1.165) is 47.4 Å². The Balaban J connectivity index is 1.73. The Hall–Kier alpha value is -1.63. The van der Waals surface area contributed by atoms with Crippen LogP contribution in [0, 0.1) is 0 Å². The van der Waals surface area contributed by atoms with Crippen LogP contribution in [0.2, 0.25) is 0 Å². The number of rotatable bonds is 5. The summed E-state index contributed by atoms with van der Waals surface area (Å²) in [7, 11) is 3.30. The SMILES string of the molecule is COc1ccc(-c2nc(C[NH+]3C[C@@H](C)O[C@@H](C)C3)cs2)cc1OC. The third-order valence-electron chi connectivity index (χ3n) is 4.23. The molecule has 1 saturated heterocycles. The van der Waals surface area contributed by atoms with Gasteiger partial charge in [0.05, 0.1) is 14.2 Å². The summed E-state index contributed by atoms with van der Waals surface area (Å²) in [4.78, 5) is 6.35. The minimum absolute atomic E-state index is 0.313. The first-order valence-corrected chi connectivity index (χ1v) is 9.12. The lowest BCUT2D eigenvalue weighted by Crippen LogP contribution is -3.14. The molecule has 5 nitrogen and oxygen atoms in total. The van der Waals surface area contributed by atoms with E-state index in [1.54, 1.807) is 25.6 Å². The Morgan fingerprint density at radius 3 is 2.54 bits per heavy atom. The monoisotopic (exact) mass is 349 g/mol. The summed E-state index contributed by atoms with van der Waals surface area (Å²) < 4.78 is 16.5. The first-order valence-electron chi connectivity index (χ1n) is 8.25. The van der Waals surface area contributed by atoms with Crippen LogP contribution in [0.5, 0.6) is 11.5 Å². The van der Waals surface area contributed by atoms with E-state index in [0.29, 0.717) is 12.2 Å². The number of benzene rings is 1. The van der Waals surface area contributed by atoms with Crippen LogP contribution < -0.4 is 14.4 Å². The van der Waals surface area contributed by atoms with Crippen LogP contribution >= 0.6 is 11.3 Å². The molecule has 1 aromatic carbocycles. The van der Waals surface area contributed by atoms with Gasteiger partial charge in [0.1, 0.15) is 42.5 Å². The van der Waals surface area contributed by atoms with E-state index in [1.165, 1.54) is 4.90 Å². The second-order valence-electron chi connectivity index (χ2n) is 6.31. The summed E-state index contributed by atoms with van der Waals surface area (Å²) in [5.41, 5.74) is 2.20. The molecule has 1 N–H and O–H groups in total. The summed E-state index contributed by atoms with van der Waals surface area (Å²) in [6, 6.07) is 5.93. The number of quaternary nitrogens is 1. The van der Waals surface area contributed by atoms with Crippen molar-refractivity contribution >= 4 is 11.3 Å². The lowest BCUT2D eigenvalue weighted by Gasteiger charge is -2.31. The molecular formula is C18H25N2O3S+. The van der Waals surface area contributed by atoms with Gasteiger partial charge in [0, 0.05) is 10.9 Å². The topological polar surface area (TPSA) is 45.0 Å². The second kappa shape index (κ2) is 7.51. The van der Waals surface area contributed by atoms with E-state index < -0.39 is 0 Å². The number of aromatic nitrogens is 1. The molecule has 1 unspecified atom stereocenters. The van der Waals surface area contributed by atoms with Crippen LogP contribution in [-0.4, -0.2) is 44.5 Å². The van der Waals surface area contributed by atoms with Gasteiger partial charge in [0.25, 0.3) is 0 Å². The van der Waals surface area contributed by atoms with Crippen molar-refractivity contribution in [3.05, 3.63) is 29.3 Å². The van der Waals surface area contributed by atoms with Gasteiger partial charge < -0.3 is 19.1 Å². The highest BCUT2D eigenvalue weighted by atomic mass is 32.1. The van der Waals surface area contributed by atoms with Crippen molar-refractivity contribution in [2.45, 2.75) is 32.6 Å². The largest absolute Gasteiger partial charge is 0.493 e. The summed E-state index contributed by atoms with van der Waals surface area (Å²) in [6.07, 6.45) is 0.625. The molecule has 0 radical (unpaired) electrons. The maximum atomic E-state index is 5.81. The molecule has 24 heavy (non-hydrogen) atoms. The van der Waals surface area contributed by atoms with E-state index in [-0.39, 0.29) is 0 Å². The highest BCUT2D eigenvalue weighted by molar-refractivity contribution is 7.13. The Bertz CT molecular complexity index is 679. The molecule has 3 rings (SSSR count). The second-order valence-corrected chi connectivity index (χ2v) is 7.16. The van der Waals surface area contributed by atoms with Crippen LogP contribution in [0.3, 0.4) is 0 Å². The van der Waals surface area contributed by atoms with Crippen molar-refractivity contribution in [1.29, 1.82) is 0 Å². The van der Waals surface area contributed by atoms with Crippen molar-refractivity contribution < 1.29 is 19.1 Å².